The lowest BCUT2D eigenvalue weighted by molar-refractivity contribution is -0.120. The molecule has 31 heavy (non-hydrogen) atoms. The topological polar surface area (TPSA) is 79.3 Å². The molecule has 1 aromatic heterocycles. The van der Waals surface area contributed by atoms with Crippen molar-refractivity contribution in [2.24, 2.45) is 0 Å². The van der Waals surface area contributed by atoms with Gasteiger partial charge < -0.3 is 15.5 Å². The van der Waals surface area contributed by atoms with Crippen LogP contribution in [0.5, 0.6) is 0 Å². The number of anilines is 2. The number of hydrogen-bond donors (Lipinski definition) is 2. The second-order valence-corrected chi connectivity index (χ2v) is 7.99. The van der Waals surface area contributed by atoms with Gasteiger partial charge in [0.15, 0.2) is 0 Å². The molecule has 7 nitrogen and oxygen atoms in total. The lowest BCUT2D eigenvalue weighted by Gasteiger charge is -2.29. The maximum absolute atomic E-state index is 12.9. The maximum Gasteiger partial charge on any atom is 0.259 e. The van der Waals surface area contributed by atoms with Crippen molar-refractivity contribution in [3.63, 3.8) is 0 Å². The number of rotatable bonds is 5. The highest BCUT2D eigenvalue weighted by molar-refractivity contribution is 6.33. The number of nitrogens with one attached hydrogen (secondary N) is 2. The molecule has 0 spiro atoms. The van der Waals surface area contributed by atoms with Gasteiger partial charge in [-0.15, -0.1) is 0 Å². The van der Waals surface area contributed by atoms with Crippen molar-refractivity contribution >= 4 is 46.4 Å². The van der Waals surface area contributed by atoms with Gasteiger partial charge in [-0.3, -0.25) is 9.59 Å². The number of amides is 2. The molecule has 1 aliphatic heterocycles. The van der Waals surface area contributed by atoms with Crippen molar-refractivity contribution in [3.05, 3.63) is 70.0 Å². The molecule has 0 bridgehead atoms. The van der Waals surface area contributed by atoms with Gasteiger partial charge in [0.05, 0.1) is 40.4 Å². The van der Waals surface area contributed by atoms with Crippen LogP contribution in [-0.4, -0.2) is 41.2 Å². The molecular formula is C22H21Cl2N5O2. The van der Waals surface area contributed by atoms with Crippen molar-refractivity contribution in [3.8, 4) is 5.69 Å². The number of benzene rings is 2. The Morgan fingerprint density at radius 2 is 2.06 bits per heavy atom. The van der Waals surface area contributed by atoms with Crippen LogP contribution in [0.3, 0.4) is 0 Å². The normalized spacial score (nSPS) is 13.8. The van der Waals surface area contributed by atoms with Crippen LogP contribution in [0.15, 0.2) is 48.7 Å². The van der Waals surface area contributed by atoms with E-state index < -0.39 is 0 Å². The molecule has 2 amide bonds. The Hall–Kier alpha value is -3.03. The van der Waals surface area contributed by atoms with Crippen LogP contribution in [0, 0.1) is 0 Å². The van der Waals surface area contributed by atoms with Crippen LogP contribution in [-0.2, 0) is 11.2 Å². The van der Waals surface area contributed by atoms with Crippen LogP contribution >= 0.6 is 23.2 Å². The molecule has 3 aromatic rings. The van der Waals surface area contributed by atoms with Gasteiger partial charge in [-0.1, -0.05) is 36.2 Å². The Morgan fingerprint density at radius 1 is 1.23 bits per heavy atom. The van der Waals surface area contributed by atoms with Gasteiger partial charge >= 0.3 is 0 Å². The summed E-state index contributed by atoms with van der Waals surface area (Å²) < 4.78 is 1.72. The first-order valence-electron chi connectivity index (χ1n) is 9.91. The minimum atomic E-state index is -0.272. The fourth-order valence-electron chi connectivity index (χ4n) is 3.62. The Morgan fingerprint density at radius 3 is 2.77 bits per heavy atom. The number of carbonyl (C=O) groups excluding carboxylic acids is 2. The smallest absolute Gasteiger partial charge is 0.259 e. The zero-order valence-electron chi connectivity index (χ0n) is 16.9. The number of carbonyl (C=O) groups is 2. The molecule has 1 aliphatic rings. The Bertz CT molecular complexity index is 1140. The highest BCUT2D eigenvalue weighted by Gasteiger charge is 2.20. The zero-order valence-corrected chi connectivity index (χ0v) is 18.4. The molecule has 9 heteroatoms. The van der Waals surface area contributed by atoms with E-state index in [1.807, 2.05) is 30.0 Å². The molecule has 0 saturated carbocycles. The van der Waals surface area contributed by atoms with Crippen molar-refractivity contribution in [1.29, 1.82) is 0 Å². The quantitative estimate of drug-likeness (QED) is 0.608. The number of aromatic nitrogens is 2. The monoisotopic (exact) mass is 457 g/mol. The molecule has 1 fully saturated rings. The summed E-state index contributed by atoms with van der Waals surface area (Å²) in [6.07, 6.45) is 2.17. The molecule has 0 atom stereocenters. The van der Waals surface area contributed by atoms with E-state index >= 15 is 0 Å². The summed E-state index contributed by atoms with van der Waals surface area (Å²) in [5.41, 5.74) is 3.38. The van der Waals surface area contributed by atoms with E-state index in [9.17, 15) is 9.59 Å². The second kappa shape index (κ2) is 8.99. The summed E-state index contributed by atoms with van der Waals surface area (Å²) in [6, 6.07) is 12.6. The highest BCUT2D eigenvalue weighted by atomic mass is 35.5. The third kappa shape index (κ3) is 4.52. The van der Waals surface area contributed by atoms with Crippen LogP contribution in [0.1, 0.15) is 23.0 Å². The van der Waals surface area contributed by atoms with Gasteiger partial charge in [0.25, 0.3) is 5.91 Å². The first-order valence-corrected chi connectivity index (χ1v) is 10.7. The largest absolute Gasteiger partial charge is 0.359 e. The van der Waals surface area contributed by atoms with Gasteiger partial charge in [0, 0.05) is 23.8 Å². The summed E-state index contributed by atoms with van der Waals surface area (Å²) in [5.74, 6) is -0.310. The summed E-state index contributed by atoms with van der Waals surface area (Å²) in [4.78, 5) is 26.5. The molecule has 0 radical (unpaired) electrons. The maximum atomic E-state index is 12.9. The van der Waals surface area contributed by atoms with E-state index in [0.29, 0.717) is 40.8 Å². The standard InChI is InChI=1S/C22H21Cl2N5O2/c1-2-19-17(12-26-29(19)16-5-3-4-14(23)10-16)22(31)27-15-6-7-20(18(24)11-15)28-9-8-25-21(30)13-28/h3-7,10-12H,2,8-9,13H2,1H3,(H,25,30)(H,27,31). The van der Waals surface area contributed by atoms with E-state index in [-0.39, 0.29) is 18.4 Å². The minimum Gasteiger partial charge on any atom is -0.359 e. The molecule has 0 unspecified atom stereocenters. The van der Waals surface area contributed by atoms with Gasteiger partial charge in [-0.25, -0.2) is 4.68 Å². The molecular weight excluding hydrogens is 437 g/mol. The number of halogens is 2. The molecule has 160 valence electrons. The molecule has 2 aromatic carbocycles. The molecule has 1 saturated heterocycles. The predicted octanol–water partition coefficient (Wildman–Crippen LogP) is 3.93. The minimum absolute atomic E-state index is 0.0384. The van der Waals surface area contributed by atoms with E-state index in [1.54, 1.807) is 35.1 Å². The van der Waals surface area contributed by atoms with Crippen molar-refractivity contribution in [1.82, 2.24) is 15.1 Å². The van der Waals surface area contributed by atoms with Crippen molar-refractivity contribution < 1.29 is 9.59 Å². The van der Waals surface area contributed by atoms with Gasteiger partial charge in [-0.05, 0) is 42.8 Å². The fraction of sp³-hybridized carbons (Fsp3) is 0.227. The van der Waals surface area contributed by atoms with Gasteiger partial charge in [0.2, 0.25) is 5.91 Å². The first kappa shape index (κ1) is 21.2. The van der Waals surface area contributed by atoms with E-state index in [2.05, 4.69) is 15.7 Å². The SMILES string of the molecule is CCc1c(C(=O)Nc2ccc(N3CCNC(=O)C3)c(Cl)c2)cnn1-c1cccc(Cl)c1. The first-order chi connectivity index (χ1) is 15.0. The Balaban J connectivity index is 1.55. The Kier molecular flexibility index (Phi) is 6.15. The average Bonchev–Trinajstić information content (AvgIpc) is 3.18. The van der Waals surface area contributed by atoms with Gasteiger partial charge in [0.1, 0.15) is 0 Å². The third-order valence-corrected chi connectivity index (χ3v) is 5.62. The van der Waals surface area contributed by atoms with Crippen LogP contribution in [0.25, 0.3) is 5.69 Å². The van der Waals surface area contributed by atoms with E-state index in [0.717, 1.165) is 17.1 Å². The zero-order chi connectivity index (χ0) is 22.0. The summed E-state index contributed by atoms with van der Waals surface area (Å²) in [7, 11) is 0. The lowest BCUT2D eigenvalue weighted by atomic mass is 10.1. The summed E-state index contributed by atoms with van der Waals surface area (Å²) in [5, 5.41) is 11.1. The van der Waals surface area contributed by atoms with Crippen molar-refractivity contribution in [2.75, 3.05) is 29.9 Å². The fourth-order valence-corrected chi connectivity index (χ4v) is 4.10. The van der Waals surface area contributed by atoms with Gasteiger partial charge in [-0.2, -0.15) is 5.10 Å². The number of nitrogens with zero attached hydrogens (tertiary/aromatic N) is 3. The lowest BCUT2D eigenvalue weighted by Crippen LogP contribution is -2.47. The molecule has 0 aliphatic carbocycles. The van der Waals surface area contributed by atoms with Crippen LogP contribution < -0.4 is 15.5 Å². The summed E-state index contributed by atoms with van der Waals surface area (Å²) in [6.45, 7) is 3.48. The number of piperazine rings is 1. The highest BCUT2D eigenvalue weighted by Crippen LogP contribution is 2.30. The van der Waals surface area contributed by atoms with E-state index in [1.165, 1.54) is 0 Å². The molecule has 2 N–H and O–H groups in total. The predicted molar refractivity (Wildman–Crippen MR) is 123 cm³/mol. The summed E-state index contributed by atoms with van der Waals surface area (Å²) >= 11 is 12.5. The average molecular weight is 458 g/mol. The third-order valence-electron chi connectivity index (χ3n) is 5.09. The molecule has 2 heterocycles. The van der Waals surface area contributed by atoms with E-state index in [4.69, 9.17) is 23.2 Å². The second-order valence-electron chi connectivity index (χ2n) is 7.14. The van der Waals surface area contributed by atoms with Crippen molar-refractivity contribution in [2.45, 2.75) is 13.3 Å². The number of hydrogen-bond acceptors (Lipinski definition) is 4. The van der Waals surface area contributed by atoms with Crippen LogP contribution in [0.2, 0.25) is 10.0 Å². The molecule has 4 rings (SSSR count). The van der Waals surface area contributed by atoms with Crippen LogP contribution in [0.4, 0.5) is 11.4 Å². The Labute approximate surface area is 189 Å².